The van der Waals surface area contributed by atoms with Gasteiger partial charge in [-0.05, 0) is 23.6 Å². The van der Waals surface area contributed by atoms with E-state index < -0.39 is 0 Å². The van der Waals surface area contributed by atoms with E-state index in [9.17, 15) is 0 Å². The Labute approximate surface area is 134 Å². The Morgan fingerprint density at radius 3 is 1.96 bits per heavy atom. The third kappa shape index (κ3) is 2.42. The van der Waals surface area contributed by atoms with E-state index in [-0.39, 0.29) is 0 Å². The van der Waals surface area contributed by atoms with Crippen LogP contribution in [0.2, 0.25) is 0 Å². The summed E-state index contributed by atoms with van der Waals surface area (Å²) in [4.78, 5) is 0. The van der Waals surface area contributed by atoms with Crippen LogP contribution in [0.4, 0.5) is 17.1 Å². The number of nitrogens with two attached hydrogens (primary N) is 1. The Kier molecular flexibility index (Phi) is 3.24. The molecule has 4 rings (SSSR count). The molecule has 0 amide bonds. The Bertz CT molecular complexity index is 1030. The van der Waals surface area contributed by atoms with E-state index in [0.29, 0.717) is 0 Å². The molecule has 4 aromatic rings. The molecule has 0 aliphatic rings. The highest BCUT2D eigenvalue weighted by molar-refractivity contribution is 6.00. The summed E-state index contributed by atoms with van der Waals surface area (Å²) < 4.78 is 0. The van der Waals surface area contributed by atoms with Crippen LogP contribution < -0.4 is 5.73 Å². The molecule has 0 spiro atoms. The lowest BCUT2D eigenvalue weighted by Crippen LogP contribution is -1.86. The van der Waals surface area contributed by atoms with Gasteiger partial charge >= 0.3 is 0 Å². The highest BCUT2D eigenvalue weighted by atomic mass is 15.1. The Balaban J connectivity index is 1.84. The molecule has 0 aromatic heterocycles. The molecule has 110 valence electrons. The molecule has 0 saturated heterocycles. The molecule has 0 atom stereocenters. The lowest BCUT2D eigenvalue weighted by atomic mass is 10.1. The Morgan fingerprint density at radius 1 is 0.522 bits per heavy atom. The summed E-state index contributed by atoms with van der Waals surface area (Å²) >= 11 is 0. The van der Waals surface area contributed by atoms with Gasteiger partial charge in [0, 0.05) is 21.8 Å². The smallest absolute Gasteiger partial charge is 0.0936 e. The SMILES string of the molecule is Nc1ccc(N=Nc2cccc3ccccc23)c2ccccc12. The van der Waals surface area contributed by atoms with Crippen molar-refractivity contribution in [1.82, 2.24) is 0 Å². The summed E-state index contributed by atoms with van der Waals surface area (Å²) in [7, 11) is 0. The number of fused-ring (bicyclic) bond motifs is 2. The third-order valence-corrected chi connectivity index (χ3v) is 3.97. The van der Waals surface area contributed by atoms with Gasteiger partial charge in [0.05, 0.1) is 11.4 Å². The monoisotopic (exact) mass is 297 g/mol. The summed E-state index contributed by atoms with van der Waals surface area (Å²) in [5, 5.41) is 13.2. The summed E-state index contributed by atoms with van der Waals surface area (Å²) in [6.45, 7) is 0. The van der Waals surface area contributed by atoms with E-state index in [0.717, 1.165) is 38.6 Å². The van der Waals surface area contributed by atoms with Crippen molar-refractivity contribution in [3.8, 4) is 0 Å². The van der Waals surface area contributed by atoms with E-state index in [2.05, 4.69) is 28.4 Å². The molecule has 0 bridgehead atoms. The van der Waals surface area contributed by atoms with Crippen LogP contribution in [0.15, 0.2) is 89.1 Å². The molecule has 0 heterocycles. The number of nitrogen functional groups attached to an aromatic ring is 1. The topological polar surface area (TPSA) is 50.7 Å². The average molecular weight is 297 g/mol. The van der Waals surface area contributed by atoms with Gasteiger partial charge in [-0.1, -0.05) is 60.7 Å². The van der Waals surface area contributed by atoms with Gasteiger partial charge in [-0.25, -0.2) is 0 Å². The summed E-state index contributed by atoms with van der Waals surface area (Å²) in [6.07, 6.45) is 0. The Hall–Kier alpha value is -3.20. The fourth-order valence-corrected chi connectivity index (χ4v) is 2.80. The number of azo groups is 1. The van der Waals surface area contributed by atoms with Crippen molar-refractivity contribution in [1.29, 1.82) is 0 Å². The summed E-state index contributed by atoms with van der Waals surface area (Å²) in [5.41, 5.74) is 8.48. The van der Waals surface area contributed by atoms with Crippen LogP contribution in [0, 0.1) is 0 Å². The van der Waals surface area contributed by atoms with Gasteiger partial charge in [0.25, 0.3) is 0 Å². The minimum Gasteiger partial charge on any atom is -0.398 e. The predicted octanol–water partition coefficient (Wildman–Crippen LogP) is 5.99. The second-order valence-electron chi connectivity index (χ2n) is 5.42. The zero-order valence-electron chi connectivity index (χ0n) is 12.5. The third-order valence-electron chi connectivity index (χ3n) is 3.97. The molecule has 23 heavy (non-hydrogen) atoms. The van der Waals surface area contributed by atoms with E-state index in [1.807, 2.05) is 60.7 Å². The number of rotatable bonds is 2. The van der Waals surface area contributed by atoms with E-state index in [1.165, 1.54) is 0 Å². The van der Waals surface area contributed by atoms with Crippen molar-refractivity contribution < 1.29 is 0 Å². The van der Waals surface area contributed by atoms with Crippen LogP contribution in [0.3, 0.4) is 0 Å². The van der Waals surface area contributed by atoms with Gasteiger partial charge < -0.3 is 5.73 Å². The van der Waals surface area contributed by atoms with Gasteiger partial charge in [-0.2, -0.15) is 0 Å². The molecule has 2 N–H and O–H groups in total. The molecular weight excluding hydrogens is 282 g/mol. The highest BCUT2D eigenvalue weighted by Gasteiger charge is 2.03. The maximum atomic E-state index is 6.03. The first-order valence-electron chi connectivity index (χ1n) is 7.50. The second kappa shape index (κ2) is 5.54. The van der Waals surface area contributed by atoms with Gasteiger partial charge in [0.2, 0.25) is 0 Å². The normalized spacial score (nSPS) is 11.5. The van der Waals surface area contributed by atoms with Gasteiger partial charge in [0.1, 0.15) is 0 Å². The van der Waals surface area contributed by atoms with Crippen LogP contribution in [-0.4, -0.2) is 0 Å². The van der Waals surface area contributed by atoms with Crippen LogP contribution in [0.25, 0.3) is 21.5 Å². The number of hydrogen-bond donors (Lipinski definition) is 1. The molecule has 0 aliphatic carbocycles. The second-order valence-corrected chi connectivity index (χ2v) is 5.42. The highest BCUT2D eigenvalue weighted by Crippen LogP contribution is 2.32. The lowest BCUT2D eigenvalue weighted by Gasteiger charge is -2.04. The number of hydrogen-bond acceptors (Lipinski definition) is 3. The first-order chi connectivity index (χ1) is 11.3. The van der Waals surface area contributed by atoms with Crippen molar-refractivity contribution in [3.63, 3.8) is 0 Å². The molecule has 3 heteroatoms. The summed E-state index contributed by atoms with van der Waals surface area (Å²) in [5.74, 6) is 0. The molecule has 0 unspecified atom stereocenters. The standard InChI is InChI=1S/C20H15N3/c21-18-12-13-20(17-10-4-3-9-16(17)18)23-22-19-11-5-7-14-6-1-2-8-15(14)19/h1-13H,21H2. The average Bonchev–Trinajstić information content (AvgIpc) is 2.61. The van der Waals surface area contributed by atoms with Crippen LogP contribution in [0.5, 0.6) is 0 Å². The van der Waals surface area contributed by atoms with Crippen molar-refractivity contribution in [3.05, 3.63) is 78.9 Å². The molecule has 0 radical (unpaired) electrons. The number of anilines is 1. The maximum Gasteiger partial charge on any atom is 0.0936 e. The minimum absolute atomic E-state index is 0.754. The molecule has 0 aliphatic heterocycles. The Morgan fingerprint density at radius 2 is 1.13 bits per heavy atom. The lowest BCUT2D eigenvalue weighted by molar-refractivity contribution is 1.25. The van der Waals surface area contributed by atoms with Crippen LogP contribution >= 0.6 is 0 Å². The van der Waals surface area contributed by atoms with E-state index in [1.54, 1.807) is 0 Å². The zero-order valence-corrected chi connectivity index (χ0v) is 12.5. The van der Waals surface area contributed by atoms with Crippen molar-refractivity contribution in [2.75, 3.05) is 5.73 Å². The van der Waals surface area contributed by atoms with Crippen molar-refractivity contribution >= 4 is 38.6 Å². The summed E-state index contributed by atoms with van der Waals surface area (Å²) in [6, 6.07) is 26.0. The fourth-order valence-electron chi connectivity index (χ4n) is 2.80. The van der Waals surface area contributed by atoms with Crippen LogP contribution in [-0.2, 0) is 0 Å². The van der Waals surface area contributed by atoms with E-state index >= 15 is 0 Å². The first-order valence-corrected chi connectivity index (χ1v) is 7.50. The number of nitrogens with zero attached hydrogens (tertiary/aromatic N) is 2. The van der Waals surface area contributed by atoms with Crippen LogP contribution in [0.1, 0.15) is 0 Å². The fraction of sp³-hybridized carbons (Fsp3) is 0. The van der Waals surface area contributed by atoms with Crippen molar-refractivity contribution in [2.24, 2.45) is 10.2 Å². The van der Waals surface area contributed by atoms with Crippen molar-refractivity contribution in [2.45, 2.75) is 0 Å². The van der Waals surface area contributed by atoms with E-state index in [4.69, 9.17) is 5.73 Å². The number of benzene rings is 4. The van der Waals surface area contributed by atoms with Gasteiger partial charge in [0.15, 0.2) is 0 Å². The molecule has 0 saturated carbocycles. The predicted molar refractivity (Wildman–Crippen MR) is 96.5 cm³/mol. The molecule has 4 aromatic carbocycles. The minimum atomic E-state index is 0.754. The van der Waals surface area contributed by atoms with Gasteiger partial charge in [-0.3, -0.25) is 0 Å². The first kappa shape index (κ1) is 13.5. The quantitative estimate of drug-likeness (QED) is 0.358. The van der Waals surface area contributed by atoms with Gasteiger partial charge in [-0.15, -0.1) is 10.2 Å². The molecular formula is C20H15N3. The molecule has 3 nitrogen and oxygen atoms in total. The molecule has 0 fully saturated rings. The zero-order chi connectivity index (χ0) is 15.6. The largest absolute Gasteiger partial charge is 0.398 e. The maximum absolute atomic E-state index is 6.03.